The van der Waals surface area contributed by atoms with Crippen molar-refractivity contribution in [1.29, 1.82) is 0 Å². The fraction of sp³-hybridized carbons (Fsp3) is 0.943. The molecule has 0 bridgehead atoms. The topological polar surface area (TPSA) is 78.9 Å². The molecular weight excluding hydrogens is 733 g/mol. The molecular formula is C53H102O6. The standard InChI is InChI=1S/C53H102O6/c1-47(2)39-33-27-21-15-11-8-7-9-13-17-24-30-36-42-51(54)57-45-50(59-53(56)44-38-32-26-20-19-23-29-35-41-49(5)6)46-58-52(55)43-37-31-25-18-14-10-12-16-22-28-34-40-48(3)4/h47-50H,7-46H2,1-6H3/t50-/m0/s1. The highest BCUT2D eigenvalue weighted by atomic mass is 16.6. The Kier molecular flexibility index (Phi) is 43.3. The van der Waals surface area contributed by atoms with E-state index in [0.29, 0.717) is 19.3 Å². The van der Waals surface area contributed by atoms with Gasteiger partial charge in [-0.15, -0.1) is 0 Å². The van der Waals surface area contributed by atoms with E-state index in [1.165, 1.54) is 167 Å². The Bertz CT molecular complexity index is 914. The van der Waals surface area contributed by atoms with E-state index in [-0.39, 0.29) is 31.1 Å². The number of carbonyl (C=O) groups is 3. The molecule has 0 saturated heterocycles. The van der Waals surface area contributed by atoms with Crippen molar-refractivity contribution >= 4 is 17.9 Å². The summed E-state index contributed by atoms with van der Waals surface area (Å²) in [5.41, 5.74) is 0. The van der Waals surface area contributed by atoms with E-state index in [1.54, 1.807) is 0 Å². The number of hydrogen-bond acceptors (Lipinski definition) is 6. The van der Waals surface area contributed by atoms with E-state index in [1.807, 2.05) is 0 Å². The Hall–Kier alpha value is -1.59. The van der Waals surface area contributed by atoms with Gasteiger partial charge in [-0.3, -0.25) is 14.4 Å². The van der Waals surface area contributed by atoms with E-state index in [2.05, 4.69) is 41.5 Å². The summed E-state index contributed by atoms with van der Waals surface area (Å²) in [5, 5.41) is 0. The monoisotopic (exact) mass is 835 g/mol. The average molecular weight is 835 g/mol. The molecule has 0 aliphatic rings. The molecule has 0 saturated carbocycles. The predicted octanol–water partition coefficient (Wildman–Crippen LogP) is 16.8. The third-order valence-electron chi connectivity index (χ3n) is 11.9. The van der Waals surface area contributed by atoms with Crippen molar-refractivity contribution in [3.8, 4) is 0 Å². The number of unbranched alkanes of at least 4 members (excludes halogenated alkanes) is 29. The lowest BCUT2D eigenvalue weighted by atomic mass is 10.0. The van der Waals surface area contributed by atoms with Gasteiger partial charge < -0.3 is 14.2 Å². The molecule has 59 heavy (non-hydrogen) atoms. The van der Waals surface area contributed by atoms with Crippen molar-refractivity contribution in [1.82, 2.24) is 0 Å². The zero-order valence-corrected chi connectivity index (χ0v) is 40.5. The van der Waals surface area contributed by atoms with Crippen LogP contribution in [0, 0.1) is 17.8 Å². The molecule has 0 spiro atoms. The maximum Gasteiger partial charge on any atom is 0.306 e. The minimum atomic E-state index is -0.763. The summed E-state index contributed by atoms with van der Waals surface area (Å²) in [6.45, 7) is 13.7. The lowest BCUT2D eigenvalue weighted by molar-refractivity contribution is -0.167. The van der Waals surface area contributed by atoms with E-state index >= 15 is 0 Å². The normalized spacial score (nSPS) is 12.2. The Labute approximate surface area is 368 Å². The summed E-state index contributed by atoms with van der Waals surface area (Å²) in [5.74, 6) is 1.61. The highest BCUT2D eigenvalue weighted by Gasteiger charge is 2.19. The molecule has 0 amide bonds. The molecule has 1 atom stereocenters. The van der Waals surface area contributed by atoms with E-state index in [4.69, 9.17) is 14.2 Å². The lowest BCUT2D eigenvalue weighted by Gasteiger charge is -2.18. The summed E-state index contributed by atoms with van der Waals surface area (Å²) in [7, 11) is 0. The van der Waals surface area contributed by atoms with Crippen LogP contribution in [0.4, 0.5) is 0 Å². The van der Waals surface area contributed by atoms with Gasteiger partial charge in [0.1, 0.15) is 13.2 Å². The second-order valence-electron chi connectivity index (χ2n) is 19.6. The van der Waals surface area contributed by atoms with Gasteiger partial charge in [0.15, 0.2) is 6.10 Å². The van der Waals surface area contributed by atoms with Gasteiger partial charge in [0.2, 0.25) is 0 Å². The van der Waals surface area contributed by atoms with E-state index < -0.39 is 6.10 Å². The molecule has 0 unspecified atom stereocenters. The minimum absolute atomic E-state index is 0.0649. The number of esters is 3. The van der Waals surface area contributed by atoms with Gasteiger partial charge in [0, 0.05) is 19.3 Å². The molecule has 6 heteroatoms. The third kappa shape index (κ3) is 47.3. The Morgan fingerprint density at radius 1 is 0.288 bits per heavy atom. The zero-order chi connectivity index (χ0) is 43.4. The highest BCUT2D eigenvalue weighted by molar-refractivity contribution is 5.71. The smallest absolute Gasteiger partial charge is 0.306 e. The van der Waals surface area contributed by atoms with E-state index in [9.17, 15) is 14.4 Å². The van der Waals surface area contributed by atoms with Crippen LogP contribution in [0.2, 0.25) is 0 Å². The molecule has 0 aromatic heterocycles. The van der Waals surface area contributed by atoms with Crippen LogP contribution in [0.25, 0.3) is 0 Å². The van der Waals surface area contributed by atoms with Gasteiger partial charge in [-0.2, -0.15) is 0 Å². The SMILES string of the molecule is CC(C)CCCCCCCCCCCCCCCC(=O)OC[C@@H](COC(=O)CCCCCCCCCCCCCC(C)C)OC(=O)CCCCCCCCCCC(C)C. The molecule has 0 aromatic carbocycles. The number of carbonyl (C=O) groups excluding carboxylic acids is 3. The van der Waals surface area contributed by atoms with Crippen LogP contribution < -0.4 is 0 Å². The molecule has 0 rings (SSSR count). The maximum atomic E-state index is 12.8. The molecule has 0 N–H and O–H groups in total. The number of rotatable bonds is 46. The first-order valence-corrected chi connectivity index (χ1v) is 26.1. The second kappa shape index (κ2) is 44.5. The first-order chi connectivity index (χ1) is 28.6. The van der Waals surface area contributed by atoms with Gasteiger partial charge in [-0.05, 0) is 37.0 Å². The van der Waals surface area contributed by atoms with Crippen molar-refractivity contribution in [3.63, 3.8) is 0 Å². The third-order valence-corrected chi connectivity index (χ3v) is 11.9. The number of hydrogen-bond donors (Lipinski definition) is 0. The number of ether oxygens (including phenoxy) is 3. The van der Waals surface area contributed by atoms with Gasteiger partial charge >= 0.3 is 17.9 Å². The summed E-state index contributed by atoms with van der Waals surface area (Å²) in [6.07, 6.45) is 43.8. The van der Waals surface area contributed by atoms with Gasteiger partial charge in [-0.25, -0.2) is 0 Å². The second-order valence-corrected chi connectivity index (χ2v) is 19.6. The van der Waals surface area contributed by atoms with Gasteiger partial charge in [0.05, 0.1) is 0 Å². The van der Waals surface area contributed by atoms with E-state index in [0.717, 1.165) is 75.5 Å². The predicted molar refractivity (Wildman–Crippen MR) is 252 cm³/mol. The van der Waals surface area contributed by atoms with Crippen LogP contribution in [0.5, 0.6) is 0 Å². The summed E-state index contributed by atoms with van der Waals surface area (Å²) >= 11 is 0. The van der Waals surface area contributed by atoms with Gasteiger partial charge in [0.25, 0.3) is 0 Å². The van der Waals surface area contributed by atoms with Crippen molar-refractivity contribution < 1.29 is 28.6 Å². The molecule has 0 fully saturated rings. The van der Waals surface area contributed by atoms with Crippen LogP contribution in [0.15, 0.2) is 0 Å². The summed E-state index contributed by atoms with van der Waals surface area (Å²) < 4.78 is 16.8. The largest absolute Gasteiger partial charge is 0.462 e. The van der Waals surface area contributed by atoms with Crippen LogP contribution >= 0.6 is 0 Å². The summed E-state index contributed by atoms with van der Waals surface area (Å²) in [6, 6.07) is 0. The highest BCUT2D eigenvalue weighted by Crippen LogP contribution is 2.18. The van der Waals surface area contributed by atoms with Crippen LogP contribution in [-0.4, -0.2) is 37.2 Å². The first-order valence-electron chi connectivity index (χ1n) is 26.1. The molecule has 6 nitrogen and oxygen atoms in total. The lowest BCUT2D eigenvalue weighted by Crippen LogP contribution is -2.30. The summed E-state index contributed by atoms with van der Waals surface area (Å²) in [4.78, 5) is 37.9. The average Bonchev–Trinajstić information content (AvgIpc) is 3.19. The Balaban J connectivity index is 4.29. The van der Waals surface area contributed by atoms with Crippen molar-refractivity contribution in [2.24, 2.45) is 17.8 Å². The van der Waals surface area contributed by atoms with Crippen LogP contribution in [0.3, 0.4) is 0 Å². The van der Waals surface area contributed by atoms with Gasteiger partial charge in [-0.1, -0.05) is 247 Å². The molecule has 0 radical (unpaired) electrons. The quantitative estimate of drug-likeness (QED) is 0.0345. The molecule has 350 valence electrons. The zero-order valence-electron chi connectivity index (χ0n) is 40.5. The molecule has 0 aliphatic heterocycles. The van der Waals surface area contributed by atoms with Crippen LogP contribution in [0.1, 0.15) is 286 Å². The molecule has 0 aliphatic carbocycles. The van der Waals surface area contributed by atoms with Crippen molar-refractivity contribution in [2.45, 2.75) is 292 Å². The van der Waals surface area contributed by atoms with Crippen LogP contribution in [-0.2, 0) is 28.6 Å². The molecule has 0 aromatic rings. The fourth-order valence-corrected chi connectivity index (χ4v) is 7.94. The molecule has 0 heterocycles. The Morgan fingerprint density at radius 2 is 0.492 bits per heavy atom. The van der Waals surface area contributed by atoms with Crippen molar-refractivity contribution in [2.75, 3.05) is 13.2 Å². The fourth-order valence-electron chi connectivity index (χ4n) is 7.94. The first kappa shape index (κ1) is 57.4. The van der Waals surface area contributed by atoms with Crippen molar-refractivity contribution in [3.05, 3.63) is 0 Å². The minimum Gasteiger partial charge on any atom is -0.462 e. The maximum absolute atomic E-state index is 12.8. The Morgan fingerprint density at radius 3 is 0.729 bits per heavy atom.